The number of aromatic amines is 1. The molecule has 1 aromatic heterocycles. The van der Waals surface area contributed by atoms with Gasteiger partial charge in [0.2, 0.25) is 0 Å². The molecule has 2 heterocycles. The molecule has 1 saturated carbocycles. The number of carbonyl (C=O) groups excluding carboxylic acids is 1. The minimum atomic E-state index is -1.09. The van der Waals surface area contributed by atoms with E-state index in [1.165, 1.54) is 40.9 Å². The molecule has 2 aliphatic rings. The molecule has 1 amide bonds. The molecule has 208 valence electrons. The highest BCUT2D eigenvalue weighted by Gasteiger charge is 2.26. The number of para-hydroxylation sites is 1. The largest absolute Gasteiger partial charge is 0.379 e. The van der Waals surface area contributed by atoms with Crippen LogP contribution in [-0.4, -0.2) is 81.2 Å². The zero-order chi connectivity index (χ0) is 27.1. The number of rotatable bonds is 12. The molecule has 1 aliphatic heterocycles. The van der Waals surface area contributed by atoms with Gasteiger partial charge in [0.25, 0.3) is 5.91 Å². The van der Waals surface area contributed by atoms with Crippen LogP contribution in [0.15, 0.2) is 60.8 Å². The van der Waals surface area contributed by atoms with E-state index in [2.05, 4.69) is 56.8 Å². The van der Waals surface area contributed by atoms with Crippen LogP contribution < -0.4 is 5.48 Å². The van der Waals surface area contributed by atoms with E-state index in [4.69, 9.17) is 15.8 Å². The van der Waals surface area contributed by atoms with Crippen molar-refractivity contribution in [3.63, 3.8) is 0 Å². The highest BCUT2D eigenvalue weighted by molar-refractivity contribution is 8.27. The van der Waals surface area contributed by atoms with Crippen LogP contribution >= 0.6 is 9.39 Å². The normalized spacial score (nSPS) is 17.6. The van der Waals surface area contributed by atoms with Crippen molar-refractivity contribution < 1.29 is 14.7 Å². The number of nitrogens with zero attached hydrogens (tertiary/aromatic N) is 2. The maximum absolute atomic E-state index is 11.3. The molecule has 1 unspecified atom stereocenters. The van der Waals surface area contributed by atoms with Gasteiger partial charge in [-0.15, -0.1) is 0 Å². The molecular weight excluding hydrogens is 508 g/mol. The number of amides is 1. The predicted molar refractivity (Wildman–Crippen MR) is 164 cm³/mol. The van der Waals surface area contributed by atoms with E-state index >= 15 is 0 Å². The number of fused-ring (bicyclic) bond motifs is 1. The summed E-state index contributed by atoms with van der Waals surface area (Å²) in [6.07, 6.45) is 9.79. The summed E-state index contributed by atoms with van der Waals surface area (Å²) in [6.45, 7) is 6.54. The van der Waals surface area contributed by atoms with Crippen molar-refractivity contribution >= 4 is 43.0 Å². The second-order valence-corrected chi connectivity index (χ2v) is 13.6. The van der Waals surface area contributed by atoms with Crippen LogP contribution in [0.25, 0.3) is 17.0 Å². The maximum atomic E-state index is 11.3. The van der Waals surface area contributed by atoms with Crippen molar-refractivity contribution in [3.8, 4) is 0 Å². The fourth-order valence-electron chi connectivity index (χ4n) is 5.40. The van der Waals surface area contributed by atoms with Gasteiger partial charge in [-0.05, 0) is 71.7 Å². The van der Waals surface area contributed by atoms with Crippen molar-refractivity contribution in [2.75, 3.05) is 45.1 Å². The Balaban J connectivity index is 1.26. The van der Waals surface area contributed by atoms with E-state index < -0.39 is 15.3 Å². The van der Waals surface area contributed by atoms with Crippen LogP contribution in [0.1, 0.15) is 36.0 Å². The lowest BCUT2D eigenvalue weighted by Gasteiger charge is -2.35. The molecule has 5 rings (SSSR count). The fraction of sp³-hybridized carbons (Fsp3) is 0.387. The first-order valence-corrected chi connectivity index (χ1v) is 15.8. The Morgan fingerprint density at radius 3 is 2.64 bits per heavy atom. The average Bonchev–Trinajstić information content (AvgIpc) is 3.76. The number of hydroxylamine groups is 1. The second kappa shape index (κ2) is 13.0. The lowest BCUT2D eigenvalue weighted by atomic mass is 10.1. The average molecular weight is 549 g/mol. The Kier molecular flexibility index (Phi) is 9.21. The third-order valence-corrected chi connectivity index (χ3v) is 11.5. The summed E-state index contributed by atoms with van der Waals surface area (Å²) in [5.41, 5.74) is 6.34. The van der Waals surface area contributed by atoms with Gasteiger partial charge < -0.3 is 9.72 Å². The first-order chi connectivity index (χ1) is 19.0. The number of nitrogens with one attached hydrogen (secondary N) is 2. The highest BCUT2D eigenvalue weighted by atomic mass is 32.2. The lowest BCUT2D eigenvalue weighted by Crippen LogP contribution is -2.35. The Morgan fingerprint density at radius 1 is 1.13 bits per heavy atom. The molecule has 1 atom stereocenters. The van der Waals surface area contributed by atoms with Crippen LogP contribution in [-0.2, 0) is 22.5 Å². The number of carbonyl (C=O) groups is 1. The minimum Gasteiger partial charge on any atom is -0.379 e. The van der Waals surface area contributed by atoms with Gasteiger partial charge in [0.05, 0.1) is 13.2 Å². The van der Waals surface area contributed by atoms with E-state index in [9.17, 15) is 4.79 Å². The highest BCUT2D eigenvalue weighted by Crippen LogP contribution is 2.40. The van der Waals surface area contributed by atoms with Gasteiger partial charge in [0.15, 0.2) is 0 Å². The monoisotopic (exact) mass is 548 g/mol. The molecule has 2 aromatic carbocycles. The number of ether oxygens (including phenoxy) is 1. The second-order valence-electron chi connectivity index (χ2n) is 10.4. The van der Waals surface area contributed by atoms with Crippen LogP contribution in [0.4, 0.5) is 0 Å². The number of hydrogen-bond donors (Lipinski definition) is 3. The summed E-state index contributed by atoms with van der Waals surface area (Å²) in [7, 11) is -1.09. The van der Waals surface area contributed by atoms with Crippen molar-refractivity contribution in [2.45, 2.75) is 32.2 Å². The smallest absolute Gasteiger partial charge is 0.267 e. The van der Waals surface area contributed by atoms with E-state index in [0.717, 1.165) is 70.1 Å². The first kappa shape index (κ1) is 27.7. The zero-order valence-electron chi connectivity index (χ0n) is 22.6. The van der Waals surface area contributed by atoms with Gasteiger partial charge in [-0.25, -0.2) is 5.48 Å². The summed E-state index contributed by atoms with van der Waals surface area (Å²) in [4.78, 5) is 19.0. The van der Waals surface area contributed by atoms with E-state index in [1.807, 2.05) is 12.1 Å². The fourth-order valence-corrected chi connectivity index (χ4v) is 8.63. The topological polar surface area (TPSA) is 80.8 Å². The zero-order valence-corrected chi connectivity index (χ0v) is 23.4. The number of hydrogen-bond acceptors (Lipinski definition) is 5. The molecule has 39 heavy (non-hydrogen) atoms. The van der Waals surface area contributed by atoms with Crippen LogP contribution in [0, 0.1) is 0 Å². The molecule has 0 radical (unpaired) electrons. The van der Waals surface area contributed by atoms with Crippen molar-refractivity contribution in [1.29, 1.82) is 0 Å². The molecular formula is C31H40N4O3S. The standard InChI is InChI=1S/C31H40N4O3S/c1-39(28-12-13-28,35-18-20-38-21-19-35)22-4-16-34(17-15-27-23-32-30-6-3-2-5-29(27)30)24-26-9-7-25(8-10-26)11-14-31(36)33-37/h2-3,5-11,14,23,32,37H,1,4,12-13,15-22,24H2,(H,33,36)/b14-11+. The first-order valence-electron chi connectivity index (χ1n) is 13.9. The summed E-state index contributed by atoms with van der Waals surface area (Å²) in [6, 6.07) is 16.8. The minimum absolute atomic E-state index is 0.535. The molecule has 7 nitrogen and oxygen atoms in total. The molecule has 3 N–H and O–H groups in total. The van der Waals surface area contributed by atoms with Crippen molar-refractivity contribution in [3.05, 3.63) is 77.5 Å². The lowest BCUT2D eigenvalue weighted by molar-refractivity contribution is -0.124. The van der Waals surface area contributed by atoms with Gasteiger partial charge in [-0.1, -0.05) is 48.3 Å². The van der Waals surface area contributed by atoms with Crippen LogP contribution in [0.3, 0.4) is 0 Å². The van der Waals surface area contributed by atoms with Crippen LogP contribution in [0.2, 0.25) is 0 Å². The quantitative estimate of drug-likeness (QED) is 0.134. The Morgan fingerprint density at radius 2 is 1.90 bits per heavy atom. The van der Waals surface area contributed by atoms with Gasteiger partial charge in [0, 0.05) is 49.4 Å². The maximum Gasteiger partial charge on any atom is 0.267 e. The summed E-state index contributed by atoms with van der Waals surface area (Å²) in [5, 5.41) is 10.00. The van der Waals surface area contributed by atoms with Gasteiger partial charge in [-0.3, -0.25) is 19.2 Å². The number of benzene rings is 2. The number of H-pyrrole nitrogens is 1. The Bertz CT molecular complexity index is 1410. The summed E-state index contributed by atoms with van der Waals surface area (Å²) in [5.74, 6) is 5.47. The Hall–Kier alpha value is -2.88. The van der Waals surface area contributed by atoms with Crippen LogP contribution in [0.5, 0.6) is 0 Å². The third kappa shape index (κ3) is 7.21. The van der Waals surface area contributed by atoms with E-state index in [0.29, 0.717) is 0 Å². The third-order valence-electron chi connectivity index (χ3n) is 7.71. The molecule has 0 spiro atoms. The van der Waals surface area contributed by atoms with Gasteiger partial charge in [-0.2, -0.15) is 9.39 Å². The SMILES string of the molecule is C=S(CCCN(CCc1c[nH]c2ccccc12)Cc1ccc(/C=C/C(=O)NO)cc1)(=C1CC1)N1CCOCC1. The molecule has 8 heteroatoms. The van der Waals surface area contributed by atoms with E-state index in [-0.39, 0.29) is 0 Å². The van der Waals surface area contributed by atoms with E-state index in [1.54, 1.807) is 16.4 Å². The number of morpholine rings is 1. The van der Waals surface area contributed by atoms with Gasteiger partial charge in [0.1, 0.15) is 0 Å². The molecule has 0 bridgehead atoms. The molecule has 2 fully saturated rings. The summed E-state index contributed by atoms with van der Waals surface area (Å²) >= 11 is 0. The number of aromatic nitrogens is 1. The summed E-state index contributed by atoms with van der Waals surface area (Å²) < 4.78 is 8.27. The van der Waals surface area contributed by atoms with Gasteiger partial charge >= 0.3 is 0 Å². The Labute approximate surface area is 232 Å². The predicted octanol–water partition coefficient (Wildman–Crippen LogP) is 4.57. The molecule has 1 aliphatic carbocycles. The van der Waals surface area contributed by atoms with Crippen molar-refractivity contribution in [2.24, 2.45) is 0 Å². The van der Waals surface area contributed by atoms with Crippen molar-refractivity contribution in [1.82, 2.24) is 19.7 Å². The molecule has 3 aromatic rings. The molecule has 1 saturated heterocycles.